The third-order valence-electron chi connectivity index (χ3n) is 2.22. The molecule has 0 heterocycles. The first-order valence-electron chi connectivity index (χ1n) is 4.86. The molecule has 4 nitrogen and oxygen atoms in total. The van der Waals surface area contributed by atoms with Crippen LogP contribution in [-0.4, -0.2) is 33.7 Å². The van der Waals surface area contributed by atoms with Gasteiger partial charge >= 0.3 is 6.09 Å². The third-order valence-corrected chi connectivity index (χ3v) is 2.22. The van der Waals surface area contributed by atoms with E-state index in [0.717, 1.165) is 0 Å². The molecule has 1 amide bonds. The maximum absolute atomic E-state index is 11.2. The summed E-state index contributed by atoms with van der Waals surface area (Å²) < 4.78 is 0. The van der Waals surface area contributed by atoms with Crippen molar-refractivity contribution in [1.82, 2.24) is 4.90 Å². The minimum Gasteiger partial charge on any atom is -0.465 e. The van der Waals surface area contributed by atoms with Crippen molar-refractivity contribution in [2.24, 2.45) is 5.73 Å². The quantitative estimate of drug-likeness (QED) is 0.734. The molecular weight excluding hydrogens is 180 g/mol. The van der Waals surface area contributed by atoms with Gasteiger partial charge in [-0.05, 0) is 47.6 Å². The summed E-state index contributed by atoms with van der Waals surface area (Å²) in [6.45, 7) is 9.96. The van der Waals surface area contributed by atoms with E-state index < -0.39 is 17.2 Å². The molecular formula is C10H22N2O2. The predicted molar refractivity (Wildman–Crippen MR) is 57.4 cm³/mol. The van der Waals surface area contributed by atoms with Crippen LogP contribution in [0.25, 0.3) is 0 Å². The molecule has 0 fully saturated rings. The fraction of sp³-hybridized carbons (Fsp3) is 0.900. The number of hydrogen-bond acceptors (Lipinski definition) is 2. The Balaban J connectivity index is 4.92. The summed E-state index contributed by atoms with van der Waals surface area (Å²) in [6.07, 6.45) is -0.229. The van der Waals surface area contributed by atoms with Gasteiger partial charge in [-0.2, -0.15) is 0 Å². The smallest absolute Gasteiger partial charge is 0.408 e. The van der Waals surface area contributed by atoms with Crippen molar-refractivity contribution in [2.75, 3.05) is 6.54 Å². The first-order valence-corrected chi connectivity index (χ1v) is 4.86. The summed E-state index contributed by atoms with van der Waals surface area (Å²) in [7, 11) is 0. The lowest BCUT2D eigenvalue weighted by atomic mass is 9.92. The maximum atomic E-state index is 11.2. The van der Waals surface area contributed by atoms with E-state index in [9.17, 15) is 4.79 Å². The van der Waals surface area contributed by atoms with Crippen LogP contribution in [0.1, 0.15) is 41.0 Å². The van der Waals surface area contributed by atoms with Gasteiger partial charge in [0.15, 0.2) is 0 Å². The highest BCUT2D eigenvalue weighted by Crippen LogP contribution is 2.27. The number of hydrogen-bond donors (Lipinski definition) is 2. The minimum absolute atomic E-state index is 0.398. The number of carbonyl (C=O) groups is 1. The molecule has 0 aliphatic rings. The van der Waals surface area contributed by atoms with Gasteiger partial charge < -0.3 is 10.8 Å². The van der Waals surface area contributed by atoms with E-state index >= 15 is 0 Å². The molecule has 3 N–H and O–H groups in total. The van der Waals surface area contributed by atoms with Crippen molar-refractivity contribution in [1.29, 1.82) is 0 Å². The van der Waals surface area contributed by atoms with E-state index in [4.69, 9.17) is 10.8 Å². The van der Waals surface area contributed by atoms with Gasteiger partial charge in [-0.25, -0.2) is 4.79 Å². The molecule has 0 bridgehead atoms. The van der Waals surface area contributed by atoms with Crippen LogP contribution in [-0.2, 0) is 0 Å². The van der Waals surface area contributed by atoms with Crippen LogP contribution in [0.3, 0.4) is 0 Å². The van der Waals surface area contributed by atoms with Gasteiger partial charge in [0.25, 0.3) is 0 Å². The zero-order chi connectivity index (χ0) is 11.6. The molecule has 84 valence electrons. The average molecular weight is 202 g/mol. The van der Waals surface area contributed by atoms with E-state index in [1.165, 1.54) is 4.90 Å². The molecule has 0 atom stereocenters. The highest BCUT2D eigenvalue weighted by Gasteiger charge is 2.37. The third kappa shape index (κ3) is 3.18. The molecule has 0 aromatic heterocycles. The van der Waals surface area contributed by atoms with E-state index in [2.05, 4.69) is 0 Å². The van der Waals surface area contributed by atoms with Crippen LogP contribution in [0.2, 0.25) is 0 Å². The molecule has 0 unspecified atom stereocenters. The zero-order valence-electron chi connectivity index (χ0n) is 9.79. The zero-order valence-corrected chi connectivity index (χ0v) is 9.79. The maximum Gasteiger partial charge on any atom is 0.408 e. The highest BCUT2D eigenvalue weighted by molar-refractivity contribution is 5.67. The molecule has 4 heteroatoms. The fourth-order valence-electron chi connectivity index (χ4n) is 1.92. The first kappa shape index (κ1) is 13.2. The Kier molecular flexibility index (Phi) is 3.94. The van der Waals surface area contributed by atoms with Crippen molar-refractivity contribution in [3.05, 3.63) is 0 Å². The Morgan fingerprint density at radius 2 is 1.71 bits per heavy atom. The summed E-state index contributed by atoms with van der Waals surface area (Å²) in [5.74, 6) is 0. The average Bonchev–Trinajstić information content (AvgIpc) is 1.78. The van der Waals surface area contributed by atoms with Crippen LogP contribution in [0.4, 0.5) is 4.79 Å². The van der Waals surface area contributed by atoms with Gasteiger partial charge in [0.1, 0.15) is 0 Å². The van der Waals surface area contributed by atoms with Crippen LogP contribution in [0.15, 0.2) is 0 Å². The second kappa shape index (κ2) is 4.17. The molecule has 0 saturated heterocycles. The number of rotatable bonds is 3. The predicted octanol–water partition coefficient (Wildman–Crippen LogP) is 1.89. The van der Waals surface area contributed by atoms with Crippen LogP contribution < -0.4 is 5.73 Å². The molecule has 0 aromatic rings. The summed E-state index contributed by atoms with van der Waals surface area (Å²) in [5, 5.41) is 9.16. The normalized spacial score (nSPS) is 12.7. The molecule has 0 aromatic carbocycles. The molecule has 0 rings (SSSR count). The van der Waals surface area contributed by atoms with Gasteiger partial charge in [0.05, 0.1) is 0 Å². The van der Waals surface area contributed by atoms with Crippen LogP contribution in [0.5, 0.6) is 0 Å². The van der Waals surface area contributed by atoms with Crippen LogP contribution in [0, 0.1) is 0 Å². The van der Waals surface area contributed by atoms with Crippen molar-refractivity contribution >= 4 is 6.09 Å². The molecule has 0 aliphatic carbocycles. The lowest BCUT2D eigenvalue weighted by Crippen LogP contribution is -2.57. The van der Waals surface area contributed by atoms with Gasteiger partial charge in [-0.15, -0.1) is 0 Å². The van der Waals surface area contributed by atoms with Crippen molar-refractivity contribution < 1.29 is 9.90 Å². The molecule has 0 aliphatic heterocycles. The summed E-state index contributed by atoms with van der Waals surface area (Å²) in [6, 6.07) is 0. The Hall–Kier alpha value is -0.770. The van der Waals surface area contributed by atoms with Gasteiger partial charge in [-0.3, -0.25) is 4.90 Å². The lowest BCUT2D eigenvalue weighted by molar-refractivity contribution is 0.0303. The number of amides is 1. The summed E-state index contributed by atoms with van der Waals surface area (Å²) >= 11 is 0. The monoisotopic (exact) mass is 202 g/mol. The minimum atomic E-state index is -0.893. The second-order valence-corrected chi connectivity index (χ2v) is 5.14. The van der Waals surface area contributed by atoms with Gasteiger partial charge in [0.2, 0.25) is 0 Å². The van der Waals surface area contributed by atoms with Gasteiger partial charge in [0, 0.05) is 11.1 Å². The largest absolute Gasteiger partial charge is 0.465 e. The van der Waals surface area contributed by atoms with Crippen LogP contribution >= 0.6 is 0 Å². The molecule has 0 radical (unpaired) electrons. The van der Waals surface area contributed by atoms with E-state index in [0.29, 0.717) is 13.0 Å². The fourth-order valence-corrected chi connectivity index (χ4v) is 1.92. The molecule has 0 saturated carbocycles. The van der Waals surface area contributed by atoms with E-state index in [1.807, 2.05) is 34.6 Å². The summed E-state index contributed by atoms with van der Waals surface area (Å²) in [5.41, 5.74) is 4.66. The Morgan fingerprint density at radius 3 is 1.93 bits per heavy atom. The topological polar surface area (TPSA) is 66.6 Å². The van der Waals surface area contributed by atoms with Crippen molar-refractivity contribution in [2.45, 2.75) is 52.1 Å². The SMILES string of the molecule is CC(C)(C)N(C(=O)O)C(C)(C)CCN. The van der Waals surface area contributed by atoms with E-state index in [-0.39, 0.29) is 0 Å². The second-order valence-electron chi connectivity index (χ2n) is 5.14. The Labute approximate surface area is 86.1 Å². The standard InChI is InChI=1S/C10H22N2O2/c1-9(2,3)12(8(13)14)10(4,5)6-7-11/h6-7,11H2,1-5H3,(H,13,14). The van der Waals surface area contributed by atoms with Crippen molar-refractivity contribution in [3.63, 3.8) is 0 Å². The van der Waals surface area contributed by atoms with Crippen molar-refractivity contribution in [3.8, 4) is 0 Å². The molecule has 0 spiro atoms. The first-order chi connectivity index (χ1) is 6.13. The highest BCUT2D eigenvalue weighted by atomic mass is 16.4. The molecule has 14 heavy (non-hydrogen) atoms. The Morgan fingerprint density at radius 1 is 1.29 bits per heavy atom. The number of carboxylic acid groups (broad SMARTS) is 1. The van der Waals surface area contributed by atoms with E-state index in [1.54, 1.807) is 0 Å². The lowest BCUT2D eigenvalue weighted by Gasteiger charge is -2.45. The number of nitrogens with two attached hydrogens (primary N) is 1. The summed E-state index contributed by atoms with van der Waals surface area (Å²) in [4.78, 5) is 12.6. The van der Waals surface area contributed by atoms with Gasteiger partial charge in [-0.1, -0.05) is 0 Å². The number of nitrogens with zero attached hydrogens (tertiary/aromatic N) is 1. The Bertz CT molecular complexity index is 207.